The minimum absolute atomic E-state index is 0.129. The van der Waals surface area contributed by atoms with Crippen LogP contribution in [0.2, 0.25) is 5.02 Å². The zero-order valence-electron chi connectivity index (χ0n) is 18.7. The van der Waals surface area contributed by atoms with E-state index >= 15 is 0 Å². The zero-order chi connectivity index (χ0) is 23.4. The highest BCUT2D eigenvalue weighted by atomic mass is 35.5. The molecule has 2 aliphatic heterocycles. The number of nitrogens with zero attached hydrogens (tertiary/aromatic N) is 1. The summed E-state index contributed by atoms with van der Waals surface area (Å²) in [5, 5.41) is 2.14. The molecule has 33 heavy (non-hydrogen) atoms. The average Bonchev–Trinajstić information content (AvgIpc) is 3.20. The molecule has 2 aromatic rings. The van der Waals surface area contributed by atoms with E-state index in [0.717, 1.165) is 0 Å². The molecule has 176 valence electrons. The van der Waals surface area contributed by atoms with Gasteiger partial charge in [0, 0.05) is 10.9 Å². The van der Waals surface area contributed by atoms with Gasteiger partial charge >= 0.3 is 11.9 Å². The molecule has 0 aliphatic carbocycles. The molecule has 2 saturated heterocycles. The number of fused-ring (bicyclic) bond motifs is 1. The summed E-state index contributed by atoms with van der Waals surface area (Å²) in [7, 11) is 0. The van der Waals surface area contributed by atoms with Gasteiger partial charge in [-0.15, -0.1) is 0 Å². The SMILES string of the molecule is CCOC(=O)C1(C(=O)OCC)C[C@H]2CCO[C@H]2ON(c2ccccc2)[C@H]1c1ccc(Cl)cc1. The van der Waals surface area contributed by atoms with Crippen LogP contribution in [0.4, 0.5) is 5.69 Å². The lowest BCUT2D eigenvalue weighted by Crippen LogP contribution is -2.52. The molecule has 2 aromatic carbocycles. The molecule has 0 radical (unpaired) electrons. The third-order valence-corrected chi connectivity index (χ3v) is 6.39. The van der Waals surface area contributed by atoms with Crippen LogP contribution in [0, 0.1) is 11.3 Å². The van der Waals surface area contributed by atoms with Crippen LogP contribution in [0.1, 0.15) is 38.3 Å². The maximum atomic E-state index is 13.7. The Hall–Kier alpha value is -2.61. The van der Waals surface area contributed by atoms with E-state index in [1.807, 2.05) is 30.3 Å². The summed E-state index contributed by atoms with van der Waals surface area (Å²) in [6.07, 6.45) is 0.221. The van der Waals surface area contributed by atoms with Crippen molar-refractivity contribution in [3.05, 3.63) is 65.2 Å². The molecule has 0 amide bonds. The first kappa shape index (κ1) is 23.5. The summed E-state index contributed by atoms with van der Waals surface area (Å²) in [6.45, 7) is 4.18. The van der Waals surface area contributed by atoms with Gasteiger partial charge in [-0.1, -0.05) is 41.9 Å². The van der Waals surface area contributed by atoms with Crippen LogP contribution in [-0.4, -0.2) is 38.0 Å². The van der Waals surface area contributed by atoms with E-state index in [-0.39, 0.29) is 25.6 Å². The smallest absolute Gasteiger partial charge is 0.326 e. The van der Waals surface area contributed by atoms with Gasteiger partial charge in [0.25, 0.3) is 0 Å². The highest BCUT2D eigenvalue weighted by Gasteiger charge is 2.62. The number of ether oxygens (including phenoxy) is 3. The predicted molar refractivity (Wildman–Crippen MR) is 122 cm³/mol. The number of hydrogen-bond acceptors (Lipinski definition) is 7. The Kier molecular flexibility index (Phi) is 7.22. The molecule has 2 fully saturated rings. The second-order valence-corrected chi connectivity index (χ2v) is 8.56. The third kappa shape index (κ3) is 4.45. The second-order valence-electron chi connectivity index (χ2n) is 8.13. The lowest BCUT2D eigenvalue weighted by molar-refractivity contribution is -0.176. The van der Waals surface area contributed by atoms with Crippen molar-refractivity contribution in [3.63, 3.8) is 0 Å². The number of hydrogen-bond donors (Lipinski definition) is 0. The molecule has 0 saturated carbocycles. The predicted octanol–water partition coefficient (Wildman–Crippen LogP) is 4.70. The van der Waals surface area contributed by atoms with Crippen LogP contribution in [0.15, 0.2) is 54.6 Å². The summed E-state index contributed by atoms with van der Waals surface area (Å²) >= 11 is 6.16. The van der Waals surface area contributed by atoms with Crippen molar-refractivity contribution in [1.29, 1.82) is 0 Å². The van der Waals surface area contributed by atoms with Crippen LogP contribution in [-0.2, 0) is 28.6 Å². The lowest BCUT2D eigenvalue weighted by Gasteiger charge is -2.41. The van der Waals surface area contributed by atoms with Crippen LogP contribution >= 0.6 is 11.6 Å². The minimum Gasteiger partial charge on any atom is -0.465 e. The standard InChI is InChI=1S/C25H28ClNO6/c1-3-30-23(28)25(24(29)31-4-2)16-18-14-15-32-22(18)33-27(20-8-6-5-7-9-20)21(25)17-10-12-19(26)13-11-17/h5-13,18,21-22H,3-4,14-16H2,1-2H3/t18-,21+,22+/m1/s1. The number of carbonyl (C=O) groups is 2. The molecule has 0 aromatic heterocycles. The van der Waals surface area contributed by atoms with Gasteiger partial charge in [0.15, 0.2) is 11.7 Å². The summed E-state index contributed by atoms with van der Waals surface area (Å²) in [5.74, 6) is -1.47. The fourth-order valence-electron chi connectivity index (χ4n) is 4.66. The maximum absolute atomic E-state index is 13.7. The highest BCUT2D eigenvalue weighted by molar-refractivity contribution is 6.30. The Morgan fingerprint density at radius 1 is 1.03 bits per heavy atom. The molecule has 0 N–H and O–H groups in total. The van der Waals surface area contributed by atoms with E-state index in [2.05, 4.69) is 0 Å². The largest absolute Gasteiger partial charge is 0.465 e. The normalized spacial score (nSPS) is 24.0. The minimum atomic E-state index is -1.68. The van der Waals surface area contributed by atoms with Crippen LogP contribution < -0.4 is 5.06 Å². The van der Waals surface area contributed by atoms with Crippen LogP contribution in [0.5, 0.6) is 0 Å². The Morgan fingerprint density at radius 3 is 2.27 bits per heavy atom. The fourth-order valence-corrected chi connectivity index (χ4v) is 4.79. The molecule has 2 aliphatic rings. The number of rotatable bonds is 6. The van der Waals surface area contributed by atoms with Gasteiger partial charge in [0.1, 0.15) is 6.04 Å². The molecule has 0 bridgehead atoms. The zero-order valence-corrected chi connectivity index (χ0v) is 19.5. The molecule has 7 nitrogen and oxygen atoms in total. The molecule has 0 unspecified atom stereocenters. The van der Waals surface area contributed by atoms with Gasteiger partial charge in [-0.25, -0.2) is 9.90 Å². The van der Waals surface area contributed by atoms with Crippen molar-refractivity contribution in [2.75, 3.05) is 24.9 Å². The van der Waals surface area contributed by atoms with Crippen molar-refractivity contribution in [2.24, 2.45) is 11.3 Å². The number of carbonyl (C=O) groups excluding carboxylic acids is 2. The molecule has 2 heterocycles. The van der Waals surface area contributed by atoms with Gasteiger partial charge in [0.2, 0.25) is 0 Å². The van der Waals surface area contributed by atoms with Gasteiger partial charge in [-0.2, -0.15) is 0 Å². The molecule has 3 atom stereocenters. The van der Waals surface area contributed by atoms with Gasteiger partial charge in [-0.3, -0.25) is 9.59 Å². The van der Waals surface area contributed by atoms with Crippen molar-refractivity contribution in [3.8, 4) is 0 Å². The van der Waals surface area contributed by atoms with E-state index in [1.54, 1.807) is 43.2 Å². The summed E-state index contributed by atoms with van der Waals surface area (Å²) in [5.41, 5.74) is -0.334. The molecular formula is C25H28ClNO6. The number of halogens is 1. The Bertz CT molecular complexity index is 949. The third-order valence-electron chi connectivity index (χ3n) is 6.13. The van der Waals surface area contributed by atoms with Gasteiger partial charge in [-0.05, 0) is 56.5 Å². The van der Waals surface area contributed by atoms with E-state index in [0.29, 0.717) is 29.3 Å². The number of para-hydroxylation sites is 1. The van der Waals surface area contributed by atoms with E-state index < -0.39 is 29.7 Å². The first-order chi connectivity index (χ1) is 16.0. The monoisotopic (exact) mass is 473 g/mol. The quantitative estimate of drug-likeness (QED) is 0.444. The van der Waals surface area contributed by atoms with Gasteiger partial charge < -0.3 is 14.2 Å². The van der Waals surface area contributed by atoms with Crippen molar-refractivity contribution in [2.45, 2.75) is 39.0 Å². The van der Waals surface area contributed by atoms with E-state index in [9.17, 15) is 9.59 Å². The molecule has 8 heteroatoms. The van der Waals surface area contributed by atoms with E-state index in [4.69, 9.17) is 30.6 Å². The number of hydroxylamine groups is 1. The Labute approximate surface area is 198 Å². The second kappa shape index (κ2) is 10.1. The van der Waals surface area contributed by atoms with Gasteiger partial charge in [0.05, 0.1) is 25.5 Å². The van der Waals surface area contributed by atoms with Crippen LogP contribution in [0.25, 0.3) is 0 Å². The first-order valence-electron chi connectivity index (χ1n) is 11.2. The molecule has 4 rings (SSSR count). The summed E-state index contributed by atoms with van der Waals surface area (Å²) in [4.78, 5) is 33.9. The molecule has 0 spiro atoms. The maximum Gasteiger partial charge on any atom is 0.326 e. The highest BCUT2D eigenvalue weighted by Crippen LogP contribution is 2.52. The summed E-state index contributed by atoms with van der Waals surface area (Å²) in [6, 6.07) is 15.5. The van der Waals surface area contributed by atoms with Crippen molar-refractivity contribution < 1.29 is 28.6 Å². The summed E-state index contributed by atoms with van der Waals surface area (Å²) < 4.78 is 16.9. The molecular weight excluding hydrogens is 446 g/mol. The number of benzene rings is 2. The van der Waals surface area contributed by atoms with Crippen molar-refractivity contribution in [1.82, 2.24) is 0 Å². The number of esters is 2. The number of anilines is 1. The van der Waals surface area contributed by atoms with E-state index in [1.165, 1.54) is 0 Å². The average molecular weight is 474 g/mol. The topological polar surface area (TPSA) is 74.3 Å². The van der Waals surface area contributed by atoms with Crippen LogP contribution in [0.3, 0.4) is 0 Å². The first-order valence-corrected chi connectivity index (χ1v) is 11.6. The Morgan fingerprint density at radius 2 is 1.67 bits per heavy atom. The lowest BCUT2D eigenvalue weighted by atomic mass is 9.70. The fraction of sp³-hybridized carbons (Fsp3) is 0.440. The Balaban J connectivity index is 1.98. The van der Waals surface area contributed by atoms with Crippen molar-refractivity contribution >= 4 is 29.2 Å².